The summed E-state index contributed by atoms with van der Waals surface area (Å²) in [5.41, 5.74) is 8.37. The van der Waals surface area contributed by atoms with Crippen molar-refractivity contribution in [3.05, 3.63) is 72.2 Å². The van der Waals surface area contributed by atoms with Crippen LogP contribution in [0.25, 0.3) is 11.1 Å². The summed E-state index contributed by atoms with van der Waals surface area (Å²) in [5, 5.41) is 6.10. The molecule has 0 aliphatic carbocycles. The van der Waals surface area contributed by atoms with Gasteiger partial charge in [0.15, 0.2) is 0 Å². The van der Waals surface area contributed by atoms with E-state index in [4.69, 9.17) is 5.73 Å². The molecule has 0 spiro atoms. The Morgan fingerprint density at radius 2 is 1.90 bits per heavy atom. The van der Waals surface area contributed by atoms with Crippen LogP contribution in [-0.2, 0) is 0 Å². The summed E-state index contributed by atoms with van der Waals surface area (Å²) < 4.78 is 14.1. The van der Waals surface area contributed by atoms with Gasteiger partial charge in [0.25, 0.3) is 5.91 Å². The second kappa shape index (κ2) is 8.28. The van der Waals surface area contributed by atoms with Crippen LogP contribution in [0, 0.1) is 5.82 Å². The van der Waals surface area contributed by atoms with Crippen LogP contribution in [-0.4, -0.2) is 37.1 Å². The lowest BCUT2D eigenvalue weighted by molar-refractivity contribution is 0.102. The van der Waals surface area contributed by atoms with Crippen molar-refractivity contribution in [1.29, 1.82) is 0 Å². The number of aromatic nitrogens is 1. The minimum absolute atomic E-state index is 0.318. The molecule has 0 atom stereocenters. The zero-order valence-electron chi connectivity index (χ0n) is 15.9. The predicted molar refractivity (Wildman–Crippen MR) is 114 cm³/mol. The molecule has 2 aromatic carbocycles. The number of hydrogen-bond donors (Lipinski definition) is 3. The lowest BCUT2D eigenvalue weighted by Crippen LogP contribution is -2.43. The number of pyridine rings is 1. The molecule has 2 heterocycles. The summed E-state index contributed by atoms with van der Waals surface area (Å²) in [5.74, 6) is 0.202. The van der Waals surface area contributed by atoms with Crippen molar-refractivity contribution in [2.24, 2.45) is 0 Å². The lowest BCUT2D eigenvalue weighted by atomic mass is 10.0. The van der Waals surface area contributed by atoms with Crippen LogP contribution in [0.5, 0.6) is 0 Å². The molecule has 29 heavy (non-hydrogen) atoms. The van der Waals surface area contributed by atoms with E-state index < -0.39 is 0 Å². The molecule has 0 saturated carbocycles. The van der Waals surface area contributed by atoms with Gasteiger partial charge in [-0.1, -0.05) is 24.3 Å². The van der Waals surface area contributed by atoms with E-state index in [0.29, 0.717) is 28.1 Å². The number of nitrogens with zero attached hydrogens (tertiary/aromatic N) is 2. The van der Waals surface area contributed by atoms with Gasteiger partial charge in [0, 0.05) is 37.9 Å². The van der Waals surface area contributed by atoms with Crippen LogP contribution in [0.15, 0.2) is 60.8 Å². The lowest BCUT2D eigenvalue weighted by Gasteiger charge is -2.28. The highest BCUT2D eigenvalue weighted by atomic mass is 19.1. The number of nitrogens with two attached hydrogens (primary N) is 1. The Bertz CT molecular complexity index is 1020. The number of nitrogen functional groups attached to an aromatic ring is 1. The van der Waals surface area contributed by atoms with Gasteiger partial charge in [-0.05, 0) is 35.9 Å². The Labute approximate surface area is 168 Å². The summed E-state index contributed by atoms with van der Waals surface area (Å²) in [6, 6.07) is 15.1. The fraction of sp³-hybridized carbons (Fsp3) is 0.182. The molecule has 4 rings (SSSR count). The molecule has 0 unspecified atom stereocenters. The SMILES string of the molecule is Nc1ccc(-c2ccccc2F)cc1NC(=O)c1ccc(N2CCNCC2)nc1. The highest BCUT2D eigenvalue weighted by molar-refractivity contribution is 6.06. The van der Waals surface area contributed by atoms with Gasteiger partial charge in [-0.3, -0.25) is 4.79 Å². The van der Waals surface area contributed by atoms with E-state index in [1.54, 1.807) is 48.7 Å². The van der Waals surface area contributed by atoms with Crippen LogP contribution >= 0.6 is 0 Å². The molecule has 1 aliphatic heterocycles. The van der Waals surface area contributed by atoms with Crippen molar-refractivity contribution in [3.63, 3.8) is 0 Å². The number of anilines is 3. The molecule has 1 aliphatic rings. The average molecular weight is 391 g/mol. The summed E-state index contributed by atoms with van der Waals surface area (Å²) in [6.07, 6.45) is 1.56. The second-order valence-corrected chi connectivity index (χ2v) is 6.88. The van der Waals surface area contributed by atoms with Gasteiger partial charge in [-0.2, -0.15) is 0 Å². The standard InChI is InChI=1S/C22H22FN5O/c23-18-4-2-1-3-17(18)15-5-7-19(24)20(13-15)27-22(29)16-6-8-21(26-14-16)28-11-9-25-10-12-28/h1-8,13-14,25H,9-12,24H2,(H,27,29). The van der Waals surface area contributed by atoms with Crippen molar-refractivity contribution >= 4 is 23.1 Å². The maximum absolute atomic E-state index is 14.1. The molecule has 1 aromatic heterocycles. The number of carbonyl (C=O) groups is 1. The van der Waals surface area contributed by atoms with Crippen molar-refractivity contribution in [2.45, 2.75) is 0 Å². The minimum Gasteiger partial charge on any atom is -0.397 e. The van der Waals surface area contributed by atoms with Gasteiger partial charge in [0.05, 0.1) is 16.9 Å². The van der Waals surface area contributed by atoms with Gasteiger partial charge in [0.1, 0.15) is 11.6 Å². The van der Waals surface area contributed by atoms with Crippen LogP contribution in [0.2, 0.25) is 0 Å². The number of rotatable bonds is 4. The molecule has 0 bridgehead atoms. The van der Waals surface area contributed by atoms with E-state index in [1.165, 1.54) is 6.07 Å². The van der Waals surface area contributed by atoms with Crippen molar-refractivity contribution in [2.75, 3.05) is 42.1 Å². The van der Waals surface area contributed by atoms with Gasteiger partial charge < -0.3 is 21.3 Å². The summed E-state index contributed by atoms with van der Waals surface area (Å²) in [6.45, 7) is 3.61. The zero-order chi connectivity index (χ0) is 20.2. The second-order valence-electron chi connectivity index (χ2n) is 6.88. The smallest absolute Gasteiger partial charge is 0.257 e. The first-order valence-electron chi connectivity index (χ1n) is 9.49. The minimum atomic E-state index is -0.331. The number of hydrogen-bond acceptors (Lipinski definition) is 5. The highest BCUT2D eigenvalue weighted by Crippen LogP contribution is 2.29. The fourth-order valence-electron chi connectivity index (χ4n) is 3.32. The van der Waals surface area contributed by atoms with Crippen LogP contribution in [0.1, 0.15) is 10.4 Å². The fourth-order valence-corrected chi connectivity index (χ4v) is 3.32. The van der Waals surface area contributed by atoms with Crippen molar-refractivity contribution in [3.8, 4) is 11.1 Å². The summed E-state index contributed by atoms with van der Waals surface area (Å²) >= 11 is 0. The van der Waals surface area contributed by atoms with Gasteiger partial charge >= 0.3 is 0 Å². The molecule has 0 radical (unpaired) electrons. The number of benzene rings is 2. The third kappa shape index (κ3) is 4.20. The Morgan fingerprint density at radius 1 is 1.10 bits per heavy atom. The average Bonchev–Trinajstić information content (AvgIpc) is 2.76. The van der Waals surface area contributed by atoms with Gasteiger partial charge in [-0.15, -0.1) is 0 Å². The predicted octanol–water partition coefficient (Wildman–Crippen LogP) is 3.13. The van der Waals surface area contributed by atoms with Crippen LogP contribution in [0.3, 0.4) is 0 Å². The first-order valence-corrected chi connectivity index (χ1v) is 9.49. The Morgan fingerprint density at radius 3 is 2.62 bits per heavy atom. The molecule has 6 nitrogen and oxygen atoms in total. The molecule has 1 fully saturated rings. The Balaban J connectivity index is 1.52. The molecule has 3 aromatic rings. The van der Waals surface area contributed by atoms with Crippen molar-refractivity contribution < 1.29 is 9.18 Å². The van der Waals surface area contributed by atoms with E-state index in [9.17, 15) is 9.18 Å². The maximum Gasteiger partial charge on any atom is 0.257 e. The summed E-state index contributed by atoms with van der Waals surface area (Å²) in [4.78, 5) is 19.3. The largest absolute Gasteiger partial charge is 0.397 e. The normalized spacial score (nSPS) is 13.9. The molecule has 1 amide bonds. The topological polar surface area (TPSA) is 83.3 Å². The molecule has 4 N–H and O–H groups in total. The van der Waals surface area contributed by atoms with E-state index in [-0.39, 0.29) is 11.7 Å². The quantitative estimate of drug-likeness (QED) is 0.595. The van der Waals surface area contributed by atoms with E-state index >= 15 is 0 Å². The molecular formula is C22H22FN5O. The number of amides is 1. The number of nitrogens with one attached hydrogen (secondary N) is 2. The molecule has 7 heteroatoms. The van der Waals surface area contributed by atoms with Gasteiger partial charge in [0.2, 0.25) is 0 Å². The van der Waals surface area contributed by atoms with E-state index in [0.717, 1.165) is 32.0 Å². The van der Waals surface area contributed by atoms with Crippen LogP contribution in [0.4, 0.5) is 21.6 Å². The number of halogens is 1. The first-order chi connectivity index (χ1) is 14.1. The third-order valence-electron chi connectivity index (χ3n) is 4.94. The zero-order valence-corrected chi connectivity index (χ0v) is 15.9. The maximum atomic E-state index is 14.1. The molecule has 1 saturated heterocycles. The number of carbonyl (C=O) groups excluding carboxylic acids is 1. The monoisotopic (exact) mass is 391 g/mol. The molecule has 148 valence electrons. The number of piperazine rings is 1. The van der Waals surface area contributed by atoms with E-state index in [2.05, 4.69) is 20.5 Å². The van der Waals surface area contributed by atoms with E-state index in [1.807, 2.05) is 6.07 Å². The molecular weight excluding hydrogens is 369 g/mol. The Kier molecular flexibility index (Phi) is 5.39. The highest BCUT2D eigenvalue weighted by Gasteiger charge is 2.14. The van der Waals surface area contributed by atoms with Crippen molar-refractivity contribution in [1.82, 2.24) is 10.3 Å². The van der Waals surface area contributed by atoms with Crippen LogP contribution < -0.4 is 21.3 Å². The Hall–Kier alpha value is -3.45. The third-order valence-corrected chi connectivity index (χ3v) is 4.94. The van der Waals surface area contributed by atoms with Gasteiger partial charge in [-0.25, -0.2) is 9.37 Å². The summed E-state index contributed by atoms with van der Waals surface area (Å²) in [7, 11) is 0. The first kappa shape index (κ1) is 18.9.